The van der Waals surface area contributed by atoms with Crippen LogP contribution in [0.5, 0.6) is 0 Å². The van der Waals surface area contributed by atoms with Crippen molar-refractivity contribution in [2.75, 3.05) is 36.3 Å². The number of sulfonamides is 1. The number of hydrogen-bond acceptors (Lipinski definition) is 5. The molecule has 0 radical (unpaired) electrons. The Morgan fingerprint density at radius 3 is 2.70 bits per heavy atom. The number of rotatable bonds is 8. The summed E-state index contributed by atoms with van der Waals surface area (Å²) in [4.78, 5) is 1.00. The maximum Gasteiger partial charge on any atom is 0.214 e. The van der Waals surface area contributed by atoms with E-state index in [1.54, 1.807) is 18.8 Å². The summed E-state index contributed by atoms with van der Waals surface area (Å²) in [6.07, 6.45) is 1.98. The first-order chi connectivity index (χ1) is 9.36. The lowest BCUT2D eigenvalue weighted by Gasteiger charge is -2.23. The van der Waals surface area contributed by atoms with Crippen molar-refractivity contribution in [1.82, 2.24) is 4.31 Å². The van der Waals surface area contributed by atoms with E-state index in [9.17, 15) is 8.42 Å². The fourth-order valence-corrected chi connectivity index (χ4v) is 5.15. The fourth-order valence-electron chi connectivity index (χ4n) is 1.63. The topological polar surface area (TPSA) is 63.4 Å². The van der Waals surface area contributed by atoms with E-state index in [0.717, 1.165) is 10.6 Å². The Hall–Kier alpha value is -0.370. The van der Waals surface area contributed by atoms with Crippen LogP contribution >= 0.6 is 23.5 Å². The average Bonchev–Trinajstić information content (AvgIpc) is 2.38. The first-order valence-electron chi connectivity index (χ1n) is 6.30. The van der Waals surface area contributed by atoms with Gasteiger partial charge in [0.15, 0.2) is 0 Å². The zero-order valence-electron chi connectivity index (χ0n) is 12.1. The van der Waals surface area contributed by atoms with Gasteiger partial charge in [-0.1, -0.05) is 6.07 Å². The highest BCUT2D eigenvalue weighted by Gasteiger charge is 2.22. The number of hydrogen-bond donors (Lipinski definition) is 1. The number of nitrogen functional groups attached to an aromatic ring is 1. The molecule has 0 spiro atoms. The average molecular weight is 335 g/mol. The highest BCUT2D eigenvalue weighted by molar-refractivity contribution is 8.00. The lowest BCUT2D eigenvalue weighted by Crippen LogP contribution is -2.38. The van der Waals surface area contributed by atoms with Crippen LogP contribution in [0.2, 0.25) is 0 Å². The first-order valence-corrected chi connectivity index (χ1v) is 10.3. The molecule has 0 saturated carbocycles. The standard InChI is InChI=1S/C13H22N2O2S3/c1-11(10-18-3)15(2)20(16,17)8-7-19-13-6-4-5-12(14)9-13/h4-6,9,11H,7-8,10,14H2,1-3H3. The van der Waals surface area contributed by atoms with Crippen molar-refractivity contribution in [1.29, 1.82) is 0 Å². The Morgan fingerprint density at radius 1 is 1.40 bits per heavy atom. The number of benzene rings is 1. The minimum absolute atomic E-state index is 0.0207. The van der Waals surface area contributed by atoms with Crippen LogP contribution < -0.4 is 5.73 Å². The van der Waals surface area contributed by atoms with Crippen molar-refractivity contribution < 1.29 is 8.42 Å². The summed E-state index contributed by atoms with van der Waals surface area (Å²) in [5.74, 6) is 1.47. The van der Waals surface area contributed by atoms with E-state index in [4.69, 9.17) is 5.73 Å². The highest BCUT2D eigenvalue weighted by Crippen LogP contribution is 2.21. The SMILES string of the molecule is CSCC(C)N(C)S(=O)(=O)CCSc1cccc(N)c1. The molecule has 1 atom stereocenters. The zero-order chi connectivity index (χ0) is 15.2. The van der Waals surface area contributed by atoms with E-state index in [1.165, 1.54) is 16.1 Å². The molecule has 7 heteroatoms. The van der Waals surface area contributed by atoms with E-state index in [2.05, 4.69) is 0 Å². The van der Waals surface area contributed by atoms with Gasteiger partial charge in [0.2, 0.25) is 10.0 Å². The molecule has 0 bridgehead atoms. The smallest absolute Gasteiger partial charge is 0.214 e. The van der Waals surface area contributed by atoms with Crippen molar-refractivity contribution in [3.63, 3.8) is 0 Å². The molecule has 0 aromatic heterocycles. The first kappa shape index (κ1) is 17.7. The summed E-state index contributed by atoms with van der Waals surface area (Å²) in [5, 5.41) is 0. The molecule has 0 saturated heterocycles. The molecule has 2 N–H and O–H groups in total. The second-order valence-electron chi connectivity index (χ2n) is 4.56. The lowest BCUT2D eigenvalue weighted by atomic mass is 10.3. The van der Waals surface area contributed by atoms with Crippen molar-refractivity contribution >= 4 is 39.2 Å². The molecule has 114 valence electrons. The number of anilines is 1. The molecular formula is C13H22N2O2S3. The van der Waals surface area contributed by atoms with Gasteiger partial charge in [-0.25, -0.2) is 12.7 Å². The Bertz CT molecular complexity index is 520. The molecule has 0 aliphatic heterocycles. The summed E-state index contributed by atoms with van der Waals surface area (Å²) in [6.45, 7) is 1.93. The second kappa shape index (κ2) is 8.17. The van der Waals surface area contributed by atoms with Gasteiger partial charge in [0.25, 0.3) is 0 Å². The maximum atomic E-state index is 12.2. The van der Waals surface area contributed by atoms with Gasteiger partial charge >= 0.3 is 0 Å². The van der Waals surface area contributed by atoms with Gasteiger partial charge in [0.05, 0.1) is 5.75 Å². The van der Waals surface area contributed by atoms with Gasteiger partial charge in [0, 0.05) is 35.2 Å². The van der Waals surface area contributed by atoms with Crippen LogP contribution in [-0.4, -0.2) is 49.3 Å². The lowest BCUT2D eigenvalue weighted by molar-refractivity contribution is 0.416. The normalized spacial score (nSPS) is 13.6. The second-order valence-corrected chi connectivity index (χ2v) is 8.78. The van der Waals surface area contributed by atoms with E-state index in [-0.39, 0.29) is 11.8 Å². The quantitative estimate of drug-likeness (QED) is 0.584. The number of nitrogens with two attached hydrogens (primary N) is 1. The number of nitrogens with zero attached hydrogens (tertiary/aromatic N) is 1. The molecule has 4 nitrogen and oxygen atoms in total. The van der Waals surface area contributed by atoms with Gasteiger partial charge in [0.1, 0.15) is 0 Å². The van der Waals surface area contributed by atoms with Crippen molar-refractivity contribution in [3.8, 4) is 0 Å². The summed E-state index contributed by atoms with van der Waals surface area (Å²) < 4.78 is 25.8. The van der Waals surface area contributed by atoms with Crippen LogP contribution in [0.3, 0.4) is 0 Å². The Labute approximate surface area is 130 Å². The van der Waals surface area contributed by atoms with Crippen LogP contribution in [0, 0.1) is 0 Å². The third-order valence-electron chi connectivity index (χ3n) is 2.94. The Balaban J connectivity index is 2.51. The monoisotopic (exact) mass is 334 g/mol. The highest BCUT2D eigenvalue weighted by atomic mass is 32.2. The van der Waals surface area contributed by atoms with Crippen molar-refractivity contribution in [2.24, 2.45) is 0 Å². The molecule has 0 aliphatic carbocycles. The van der Waals surface area contributed by atoms with Crippen LogP contribution in [0.1, 0.15) is 6.92 Å². The molecule has 1 rings (SSSR count). The van der Waals surface area contributed by atoms with E-state index in [0.29, 0.717) is 11.4 Å². The van der Waals surface area contributed by atoms with E-state index < -0.39 is 10.0 Å². The molecule has 0 fully saturated rings. The van der Waals surface area contributed by atoms with Crippen molar-refractivity contribution in [3.05, 3.63) is 24.3 Å². The van der Waals surface area contributed by atoms with E-state index >= 15 is 0 Å². The van der Waals surface area contributed by atoms with Crippen LogP contribution in [0.15, 0.2) is 29.2 Å². The van der Waals surface area contributed by atoms with Crippen LogP contribution in [0.25, 0.3) is 0 Å². The van der Waals surface area contributed by atoms with Gasteiger partial charge in [-0.3, -0.25) is 0 Å². The van der Waals surface area contributed by atoms with Gasteiger partial charge < -0.3 is 5.73 Å². The number of thioether (sulfide) groups is 2. The summed E-state index contributed by atoms with van der Waals surface area (Å²) in [6, 6.07) is 7.51. The largest absolute Gasteiger partial charge is 0.399 e. The summed E-state index contributed by atoms with van der Waals surface area (Å²) in [5.41, 5.74) is 6.39. The van der Waals surface area contributed by atoms with Crippen LogP contribution in [-0.2, 0) is 10.0 Å². The van der Waals surface area contributed by atoms with Crippen LogP contribution in [0.4, 0.5) is 5.69 Å². The fraction of sp³-hybridized carbons (Fsp3) is 0.538. The molecule has 1 aromatic carbocycles. The molecule has 1 unspecified atom stereocenters. The van der Waals surface area contributed by atoms with E-state index in [1.807, 2.05) is 37.4 Å². The third-order valence-corrected chi connectivity index (χ3v) is 6.96. The molecule has 20 heavy (non-hydrogen) atoms. The Morgan fingerprint density at radius 2 is 2.10 bits per heavy atom. The van der Waals surface area contributed by atoms with Gasteiger partial charge in [-0.2, -0.15) is 11.8 Å². The van der Waals surface area contributed by atoms with Gasteiger partial charge in [-0.15, -0.1) is 11.8 Å². The maximum absolute atomic E-state index is 12.2. The minimum Gasteiger partial charge on any atom is -0.399 e. The third kappa shape index (κ3) is 5.55. The summed E-state index contributed by atoms with van der Waals surface area (Å²) in [7, 11) is -1.54. The van der Waals surface area contributed by atoms with Crippen molar-refractivity contribution in [2.45, 2.75) is 17.9 Å². The molecule has 0 amide bonds. The Kier molecular flexibility index (Phi) is 7.22. The van der Waals surface area contributed by atoms with Gasteiger partial charge in [-0.05, 0) is 31.4 Å². The molecular weight excluding hydrogens is 312 g/mol. The molecule has 1 aromatic rings. The molecule has 0 aliphatic rings. The predicted octanol–water partition coefficient (Wildman–Crippen LogP) is 2.37. The molecule has 0 heterocycles. The zero-order valence-corrected chi connectivity index (χ0v) is 14.5. The predicted molar refractivity (Wildman–Crippen MR) is 91.0 cm³/mol. The minimum atomic E-state index is -3.19. The summed E-state index contributed by atoms with van der Waals surface area (Å²) >= 11 is 3.16.